The molecule has 0 saturated carbocycles. The van der Waals surface area contributed by atoms with E-state index < -0.39 is 10.0 Å². The van der Waals surface area contributed by atoms with Gasteiger partial charge in [-0.3, -0.25) is 9.52 Å². The van der Waals surface area contributed by atoms with Crippen molar-refractivity contribution in [2.75, 3.05) is 16.7 Å². The Labute approximate surface area is 172 Å². The van der Waals surface area contributed by atoms with Crippen LogP contribution in [0.25, 0.3) is 21.9 Å². The zero-order valence-corrected chi connectivity index (χ0v) is 17.0. The first kappa shape index (κ1) is 17.9. The Morgan fingerprint density at radius 2 is 1.72 bits per heavy atom. The number of amides is 1. The maximum Gasteiger partial charge on any atom is 0.262 e. The van der Waals surface area contributed by atoms with Crippen molar-refractivity contribution in [2.24, 2.45) is 0 Å². The maximum absolute atomic E-state index is 13.1. The van der Waals surface area contributed by atoms with Crippen LogP contribution in [0.2, 0.25) is 0 Å². The summed E-state index contributed by atoms with van der Waals surface area (Å²) in [6.07, 6.45) is 0. The van der Waals surface area contributed by atoms with E-state index in [2.05, 4.69) is 4.72 Å². The van der Waals surface area contributed by atoms with Gasteiger partial charge in [0.25, 0.3) is 15.9 Å². The smallest absolute Gasteiger partial charge is 0.262 e. The Balaban J connectivity index is 1.54. The highest BCUT2D eigenvalue weighted by Crippen LogP contribution is 2.39. The molecule has 1 amide bonds. The molecule has 0 spiro atoms. The van der Waals surface area contributed by atoms with E-state index in [4.69, 9.17) is 0 Å². The second-order valence-electron chi connectivity index (χ2n) is 6.87. The van der Waals surface area contributed by atoms with Gasteiger partial charge in [0.15, 0.2) is 0 Å². The van der Waals surface area contributed by atoms with E-state index in [1.807, 2.05) is 29.0 Å². The molecule has 1 aliphatic heterocycles. The molecule has 5 nitrogen and oxygen atoms in total. The largest absolute Gasteiger partial charge is 0.311 e. The second kappa shape index (κ2) is 6.43. The molecule has 0 fully saturated rings. The topological polar surface area (TPSA) is 66.5 Å². The lowest BCUT2D eigenvalue weighted by atomic mass is 10.1. The monoisotopic (exact) mass is 420 g/mol. The molecular formula is C22H16N2O3S2. The Kier molecular flexibility index (Phi) is 3.97. The summed E-state index contributed by atoms with van der Waals surface area (Å²) >= 11 is 1.62. The number of rotatable bonds is 4. The van der Waals surface area contributed by atoms with Crippen molar-refractivity contribution in [1.82, 2.24) is 0 Å². The molecule has 5 rings (SSSR count). The van der Waals surface area contributed by atoms with Crippen LogP contribution in [0.1, 0.15) is 10.4 Å². The number of hydrogen-bond donors (Lipinski definition) is 1. The van der Waals surface area contributed by atoms with Crippen LogP contribution >= 0.6 is 11.3 Å². The van der Waals surface area contributed by atoms with Crippen LogP contribution in [0, 0.1) is 0 Å². The molecule has 0 bridgehead atoms. The third kappa shape index (κ3) is 2.82. The highest BCUT2D eigenvalue weighted by atomic mass is 32.2. The zero-order valence-electron chi connectivity index (χ0n) is 15.4. The van der Waals surface area contributed by atoms with Crippen molar-refractivity contribution in [3.63, 3.8) is 0 Å². The number of benzene rings is 3. The van der Waals surface area contributed by atoms with E-state index in [1.54, 1.807) is 65.7 Å². The van der Waals surface area contributed by atoms with E-state index in [-0.39, 0.29) is 10.8 Å². The van der Waals surface area contributed by atoms with Gasteiger partial charge in [0.05, 0.1) is 10.6 Å². The number of hydrogen-bond acceptors (Lipinski definition) is 4. The van der Waals surface area contributed by atoms with Gasteiger partial charge in [-0.25, -0.2) is 8.42 Å². The molecule has 0 saturated heterocycles. The van der Waals surface area contributed by atoms with Crippen molar-refractivity contribution >= 4 is 49.4 Å². The fourth-order valence-corrected chi connectivity index (χ4v) is 5.64. The Morgan fingerprint density at radius 3 is 2.45 bits per heavy atom. The molecule has 3 aromatic carbocycles. The van der Waals surface area contributed by atoms with Crippen LogP contribution in [0.3, 0.4) is 0 Å². The summed E-state index contributed by atoms with van der Waals surface area (Å²) in [7, 11) is -2.13. The molecule has 1 aromatic heterocycles. The molecule has 4 aromatic rings. The molecule has 7 heteroatoms. The summed E-state index contributed by atoms with van der Waals surface area (Å²) in [6.45, 7) is 0. The van der Waals surface area contributed by atoms with Gasteiger partial charge in [-0.05, 0) is 58.3 Å². The SMILES string of the molecule is CN1C(=O)c2cccc3c(S(=O)(=O)Nc4ccc(-c5ccsc5)cc4)ccc1c23. The Morgan fingerprint density at radius 1 is 0.931 bits per heavy atom. The number of carbonyl (C=O) groups is 1. The molecule has 1 aliphatic rings. The minimum absolute atomic E-state index is 0.128. The van der Waals surface area contributed by atoms with Crippen LogP contribution in [-0.2, 0) is 10.0 Å². The molecule has 0 radical (unpaired) electrons. The molecule has 2 heterocycles. The summed E-state index contributed by atoms with van der Waals surface area (Å²) in [4.78, 5) is 14.1. The minimum Gasteiger partial charge on any atom is -0.311 e. The van der Waals surface area contributed by atoms with Crippen LogP contribution in [0.4, 0.5) is 11.4 Å². The van der Waals surface area contributed by atoms with Gasteiger partial charge in [0, 0.05) is 29.1 Å². The average molecular weight is 421 g/mol. The van der Waals surface area contributed by atoms with Crippen molar-refractivity contribution in [1.29, 1.82) is 0 Å². The fraction of sp³-hybridized carbons (Fsp3) is 0.0455. The summed E-state index contributed by atoms with van der Waals surface area (Å²) in [5.74, 6) is -0.128. The first-order chi connectivity index (χ1) is 14.0. The van der Waals surface area contributed by atoms with Gasteiger partial charge >= 0.3 is 0 Å². The van der Waals surface area contributed by atoms with Gasteiger partial charge in [0.2, 0.25) is 0 Å². The number of anilines is 2. The lowest BCUT2D eigenvalue weighted by molar-refractivity contribution is 0.0999. The fourth-order valence-electron chi connectivity index (χ4n) is 3.71. The number of thiophene rings is 1. The van der Waals surface area contributed by atoms with Crippen molar-refractivity contribution < 1.29 is 13.2 Å². The quantitative estimate of drug-likeness (QED) is 0.507. The number of carbonyl (C=O) groups excluding carboxylic acids is 1. The van der Waals surface area contributed by atoms with E-state index in [1.165, 1.54) is 0 Å². The van der Waals surface area contributed by atoms with Gasteiger partial charge in [-0.1, -0.05) is 24.3 Å². The number of nitrogens with one attached hydrogen (secondary N) is 1. The van der Waals surface area contributed by atoms with Gasteiger partial charge < -0.3 is 4.90 Å². The molecule has 0 unspecified atom stereocenters. The van der Waals surface area contributed by atoms with E-state index in [9.17, 15) is 13.2 Å². The summed E-state index contributed by atoms with van der Waals surface area (Å²) in [5.41, 5.74) is 3.86. The van der Waals surface area contributed by atoms with Gasteiger partial charge in [-0.2, -0.15) is 11.3 Å². The predicted octanol–water partition coefficient (Wildman–Crippen LogP) is 4.96. The first-order valence-corrected chi connectivity index (χ1v) is 11.4. The maximum atomic E-state index is 13.1. The lowest BCUT2D eigenvalue weighted by Gasteiger charge is -2.13. The summed E-state index contributed by atoms with van der Waals surface area (Å²) in [6, 6.07) is 17.7. The highest BCUT2D eigenvalue weighted by Gasteiger charge is 2.30. The lowest BCUT2D eigenvalue weighted by Crippen LogP contribution is -2.20. The molecular weight excluding hydrogens is 404 g/mol. The van der Waals surface area contributed by atoms with E-state index in [0.29, 0.717) is 22.0 Å². The van der Waals surface area contributed by atoms with E-state index >= 15 is 0 Å². The van der Waals surface area contributed by atoms with Crippen LogP contribution in [0.5, 0.6) is 0 Å². The van der Waals surface area contributed by atoms with Crippen LogP contribution < -0.4 is 9.62 Å². The number of nitrogens with zero attached hydrogens (tertiary/aromatic N) is 1. The second-order valence-corrected chi connectivity index (χ2v) is 9.30. The van der Waals surface area contributed by atoms with Crippen LogP contribution in [-0.4, -0.2) is 21.4 Å². The molecule has 0 atom stereocenters. The zero-order chi connectivity index (χ0) is 20.2. The Hall–Kier alpha value is -3.16. The average Bonchev–Trinajstić information content (AvgIpc) is 3.33. The van der Waals surface area contributed by atoms with Gasteiger partial charge in [-0.15, -0.1) is 0 Å². The molecule has 29 heavy (non-hydrogen) atoms. The van der Waals surface area contributed by atoms with Crippen molar-refractivity contribution in [3.8, 4) is 11.1 Å². The molecule has 1 N–H and O–H groups in total. The van der Waals surface area contributed by atoms with Crippen molar-refractivity contribution in [3.05, 3.63) is 77.0 Å². The molecule has 0 aliphatic carbocycles. The first-order valence-electron chi connectivity index (χ1n) is 8.95. The predicted molar refractivity (Wildman–Crippen MR) is 117 cm³/mol. The Bertz CT molecular complexity index is 1360. The minimum atomic E-state index is -3.83. The normalized spacial score (nSPS) is 13.3. The third-order valence-corrected chi connectivity index (χ3v) is 7.28. The van der Waals surface area contributed by atoms with Crippen molar-refractivity contribution in [2.45, 2.75) is 4.90 Å². The standard InChI is InChI=1S/C22H16N2O3S2/c1-24-19-9-10-20(17-3-2-4-18(21(17)19)22(24)25)29(26,27)23-16-7-5-14(6-8-16)15-11-12-28-13-15/h2-13,23H,1H3. The summed E-state index contributed by atoms with van der Waals surface area (Å²) in [5, 5.41) is 5.27. The number of sulfonamides is 1. The third-order valence-electron chi connectivity index (χ3n) is 5.16. The van der Waals surface area contributed by atoms with E-state index in [0.717, 1.165) is 16.8 Å². The van der Waals surface area contributed by atoms with Gasteiger partial charge in [0.1, 0.15) is 0 Å². The summed E-state index contributed by atoms with van der Waals surface area (Å²) < 4.78 is 28.9. The molecule has 144 valence electrons. The highest BCUT2D eigenvalue weighted by molar-refractivity contribution is 7.93. The van der Waals surface area contributed by atoms with Crippen LogP contribution in [0.15, 0.2) is 76.3 Å².